The first-order chi connectivity index (χ1) is 20.0. The lowest BCUT2D eigenvalue weighted by atomic mass is 9.92. The molecule has 0 aliphatic heterocycles. The van der Waals surface area contributed by atoms with Gasteiger partial charge in [0.25, 0.3) is 0 Å². The number of phenolic OH excluding ortho intramolecular Hbond substituents is 4. The predicted molar refractivity (Wildman–Crippen MR) is 161 cm³/mol. The molecule has 0 aromatic heterocycles. The van der Waals surface area contributed by atoms with Crippen molar-refractivity contribution in [2.24, 2.45) is 0 Å². The molecule has 0 radical (unpaired) electrons. The Balaban J connectivity index is 1.56. The summed E-state index contributed by atoms with van der Waals surface area (Å²) in [7, 11) is 0. The molecule has 0 atom stereocenters. The van der Waals surface area contributed by atoms with E-state index in [1.165, 1.54) is 0 Å². The molecule has 0 heterocycles. The van der Waals surface area contributed by atoms with E-state index in [2.05, 4.69) is 0 Å². The third-order valence-corrected chi connectivity index (χ3v) is 6.94. The van der Waals surface area contributed by atoms with Gasteiger partial charge in [0.15, 0.2) is 0 Å². The van der Waals surface area contributed by atoms with Crippen molar-refractivity contribution in [2.75, 3.05) is 0 Å². The summed E-state index contributed by atoms with van der Waals surface area (Å²) in [5.41, 5.74) is 6.93. The molecule has 4 N–H and O–H groups in total. The zero-order valence-electron chi connectivity index (χ0n) is 21.9. The summed E-state index contributed by atoms with van der Waals surface area (Å²) in [6, 6.07) is 39.6. The molecule has 0 amide bonds. The Hall–Kier alpha value is -5.68. The largest absolute Gasteiger partial charge is 0.508 e. The van der Waals surface area contributed by atoms with Crippen molar-refractivity contribution in [1.82, 2.24) is 0 Å². The molecule has 5 heteroatoms. The lowest BCUT2D eigenvalue weighted by Gasteiger charge is -2.20. The maximum Gasteiger partial charge on any atom is 0.135 e. The summed E-state index contributed by atoms with van der Waals surface area (Å²) in [6.07, 6.45) is 0. The Kier molecular flexibility index (Phi) is 6.76. The molecule has 41 heavy (non-hydrogen) atoms. The monoisotopic (exact) mass is 538 g/mol. The Morgan fingerprint density at radius 2 is 0.610 bits per heavy atom. The number of aromatic hydroxyl groups is 4. The average molecular weight is 539 g/mol. The number of phenols is 4. The van der Waals surface area contributed by atoms with Crippen LogP contribution in [0.2, 0.25) is 0 Å². The number of benzene rings is 6. The van der Waals surface area contributed by atoms with Crippen LogP contribution in [0.25, 0.3) is 44.5 Å². The van der Waals surface area contributed by atoms with E-state index >= 15 is 0 Å². The molecule has 6 aromatic rings. The smallest absolute Gasteiger partial charge is 0.135 e. The van der Waals surface area contributed by atoms with Crippen LogP contribution in [0.1, 0.15) is 0 Å². The number of rotatable bonds is 6. The molecule has 0 fully saturated rings. The summed E-state index contributed by atoms with van der Waals surface area (Å²) >= 11 is 0. The van der Waals surface area contributed by atoms with Gasteiger partial charge in [-0.05, 0) is 94.0 Å². The fourth-order valence-electron chi connectivity index (χ4n) is 4.97. The predicted octanol–water partition coefficient (Wildman–Crippen LogP) is 8.97. The van der Waals surface area contributed by atoms with Crippen LogP contribution in [0, 0.1) is 0 Å². The van der Waals surface area contributed by atoms with Gasteiger partial charge in [0.05, 0.1) is 0 Å². The van der Waals surface area contributed by atoms with Crippen molar-refractivity contribution in [2.45, 2.75) is 0 Å². The van der Waals surface area contributed by atoms with Crippen molar-refractivity contribution in [3.8, 4) is 79.0 Å². The molecule has 0 saturated carbocycles. The Morgan fingerprint density at radius 3 is 0.927 bits per heavy atom. The summed E-state index contributed by atoms with van der Waals surface area (Å²) in [6.45, 7) is 0. The highest BCUT2D eigenvalue weighted by molar-refractivity contribution is 5.91. The second kappa shape index (κ2) is 10.8. The van der Waals surface area contributed by atoms with Gasteiger partial charge in [-0.2, -0.15) is 0 Å². The molecule has 5 nitrogen and oxygen atoms in total. The second-order valence-corrected chi connectivity index (χ2v) is 9.65. The highest BCUT2D eigenvalue weighted by Gasteiger charge is 2.19. The normalized spacial score (nSPS) is 10.8. The van der Waals surface area contributed by atoms with Crippen molar-refractivity contribution in [3.63, 3.8) is 0 Å². The first-order valence-corrected chi connectivity index (χ1v) is 13.1. The maximum absolute atomic E-state index is 9.97. The number of ether oxygens (including phenoxy) is 1. The van der Waals surface area contributed by atoms with Crippen LogP contribution in [0.15, 0.2) is 133 Å². The Morgan fingerprint density at radius 1 is 0.317 bits per heavy atom. The Labute approximate surface area is 237 Å². The first-order valence-electron chi connectivity index (χ1n) is 13.1. The fourth-order valence-corrected chi connectivity index (χ4v) is 4.97. The molecule has 0 unspecified atom stereocenters. The van der Waals surface area contributed by atoms with Crippen molar-refractivity contribution in [3.05, 3.63) is 133 Å². The van der Waals surface area contributed by atoms with Crippen LogP contribution in [0.5, 0.6) is 34.5 Å². The molecular weight excluding hydrogens is 512 g/mol. The highest BCUT2D eigenvalue weighted by Crippen LogP contribution is 2.46. The van der Waals surface area contributed by atoms with Gasteiger partial charge in [-0.1, -0.05) is 72.8 Å². The third kappa shape index (κ3) is 5.29. The molecule has 0 spiro atoms. The van der Waals surface area contributed by atoms with Crippen LogP contribution < -0.4 is 4.74 Å². The Bertz CT molecular complexity index is 1670. The van der Waals surface area contributed by atoms with E-state index in [-0.39, 0.29) is 23.0 Å². The zero-order chi connectivity index (χ0) is 28.3. The van der Waals surface area contributed by atoms with E-state index < -0.39 is 0 Å². The van der Waals surface area contributed by atoms with Gasteiger partial charge in [0.2, 0.25) is 0 Å². The van der Waals surface area contributed by atoms with Crippen LogP contribution in [0.4, 0.5) is 0 Å². The van der Waals surface area contributed by atoms with Crippen LogP contribution >= 0.6 is 0 Å². The minimum atomic E-state index is 0.162. The summed E-state index contributed by atoms with van der Waals surface area (Å²) in [5, 5.41) is 39.7. The van der Waals surface area contributed by atoms with Crippen molar-refractivity contribution in [1.29, 1.82) is 0 Å². The van der Waals surface area contributed by atoms with E-state index in [0.29, 0.717) is 11.5 Å². The molecule has 0 aliphatic rings. The average Bonchev–Trinajstić information content (AvgIpc) is 2.99. The van der Waals surface area contributed by atoms with Crippen molar-refractivity contribution >= 4 is 0 Å². The van der Waals surface area contributed by atoms with Gasteiger partial charge in [0, 0.05) is 11.1 Å². The SMILES string of the molecule is Oc1ccc(-c2cccc(Oc3cccc(-c4ccc(O)cc4)c3-c3ccc(O)cc3)c2-c2ccc(O)cc2)cc1. The summed E-state index contributed by atoms with van der Waals surface area (Å²) in [5.74, 6) is 1.88. The van der Waals surface area contributed by atoms with E-state index in [1.807, 2.05) is 84.9 Å². The fraction of sp³-hybridized carbons (Fsp3) is 0. The van der Waals surface area contributed by atoms with E-state index in [0.717, 1.165) is 44.5 Å². The third-order valence-electron chi connectivity index (χ3n) is 6.94. The zero-order valence-corrected chi connectivity index (χ0v) is 21.9. The van der Waals surface area contributed by atoms with E-state index in [1.54, 1.807) is 48.5 Å². The quantitative estimate of drug-likeness (QED) is 0.170. The molecule has 0 aliphatic carbocycles. The van der Waals surface area contributed by atoms with Gasteiger partial charge in [-0.25, -0.2) is 0 Å². The highest BCUT2D eigenvalue weighted by atomic mass is 16.5. The minimum absolute atomic E-state index is 0.162. The topological polar surface area (TPSA) is 90.2 Å². The molecule has 6 aromatic carbocycles. The lowest BCUT2D eigenvalue weighted by molar-refractivity contribution is 0.474. The van der Waals surface area contributed by atoms with Crippen LogP contribution in [0.3, 0.4) is 0 Å². The van der Waals surface area contributed by atoms with Gasteiger partial charge < -0.3 is 25.2 Å². The standard InChI is InChI=1S/C36H26O5/c37-27-15-7-23(8-16-27)31-3-1-5-33(35(31)25-11-19-29(39)20-12-25)41-34-6-2-4-32(24-9-17-28(38)18-10-24)36(34)26-13-21-30(40)22-14-26/h1-22,37-40H. The summed E-state index contributed by atoms with van der Waals surface area (Å²) in [4.78, 5) is 0. The minimum Gasteiger partial charge on any atom is -0.508 e. The molecule has 6 rings (SSSR count). The number of hydrogen-bond acceptors (Lipinski definition) is 5. The lowest BCUT2D eigenvalue weighted by Crippen LogP contribution is -1.95. The molecular formula is C36H26O5. The van der Waals surface area contributed by atoms with Gasteiger partial charge in [0.1, 0.15) is 34.5 Å². The van der Waals surface area contributed by atoms with E-state index in [9.17, 15) is 20.4 Å². The van der Waals surface area contributed by atoms with Crippen molar-refractivity contribution < 1.29 is 25.2 Å². The molecule has 0 bridgehead atoms. The van der Waals surface area contributed by atoms with Gasteiger partial charge in [-0.3, -0.25) is 0 Å². The van der Waals surface area contributed by atoms with E-state index in [4.69, 9.17) is 4.74 Å². The van der Waals surface area contributed by atoms with Gasteiger partial charge >= 0.3 is 0 Å². The van der Waals surface area contributed by atoms with Crippen LogP contribution in [-0.2, 0) is 0 Å². The number of hydrogen-bond donors (Lipinski definition) is 4. The van der Waals surface area contributed by atoms with Gasteiger partial charge in [-0.15, -0.1) is 0 Å². The molecule has 200 valence electrons. The second-order valence-electron chi connectivity index (χ2n) is 9.65. The van der Waals surface area contributed by atoms with Crippen LogP contribution in [-0.4, -0.2) is 20.4 Å². The first kappa shape index (κ1) is 25.6. The summed E-state index contributed by atoms with van der Waals surface area (Å²) < 4.78 is 6.76. The molecule has 0 saturated heterocycles. The maximum atomic E-state index is 9.97.